The Hall–Kier alpha value is -3.27. The van der Waals surface area contributed by atoms with Gasteiger partial charge in [0, 0.05) is 19.2 Å². The van der Waals surface area contributed by atoms with Crippen LogP contribution in [0, 0.1) is 24.0 Å². The normalized spacial score (nSPS) is 11.5. The lowest BCUT2D eigenvalue weighted by Crippen LogP contribution is -2.27. The van der Waals surface area contributed by atoms with Crippen LogP contribution < -0.4 is 5.30 Å². The van der Waals surface area contributed by atoms with Crippen molar-refractivity contribution in [3.63, 3.8) is 0 Å². The largest absolute Gasteiger partial charge is 0.461 e. The molecule has 0 aliphatic carbocycles. The summed E-state index contributed by atoms with van der Waals surface area (Å²) in [5, 5.41) is 12.0. The van der Waals surface area contributed by atoms with Gasteiger partial charge in [-0.15, -0.1) is 0 Å². The maximum absolute atomic E-state index is 13.4. The summed E-state index contributed by atoms with van der Waals surface area (Å²) in [4.78, 5) is 42.5. The maximum atomic E-state index is 13.4. The molecule has 11 heteroatoms. The molecule has 0 saturated carbocycles. The van der Waals surface area contributed by atoms with Gasteiger partial charge in [-0.2, -0.15) is 13.9 Å². The third-order valence-electron chi connectivity index (χ3n) is 5.88. The van der Waals surface area contributed by atoms with E-state index in [9.17, 15) is 19.8 Å². The van der Waals surface area contributed by atoms with Gasteiger partial charge in [-0.25, -0.2) is 4.79 Å². The van der Waals surface area contributed by atoms with Crippen LogP contribution in [0.5, 0.6) is 0 Å². The lowest BCUT2D eigenvalue weighted by molar-refractivity contribution is -0.384. The Kier molecular flexibility index (Phi) is 9.42. The number of aryl methyl sites for hydroxylation is 2. The number of pyridine rings is 1. The van der Waals surface area contributed by atoms with Gasteiger partial charge in [-0.1, -0.05) is 42.5 Å². The van der Waals surface area contributed by atoms with Gasteiger partial charge in [0.25, 0.3) is 5.69 Å². The van der Waals surface area contributed by atoms with Crippen molar-refractivity contribution in [3.05, 3.63) is 87.2 Å². The molecule has 0 fully saturated rings. The van der Waals surface area contributed by atoms with Gasteiger partial charge in [0.05, 0.1) is 47.2 Å². The molecule has 0 radical (unpaired) electrons. The molecule has 0 bridgehead atoms. The van der Waals surface area contributed by atoms with E-state index in [1.807, 2.05) is 42.3 Å². The van der Waals surface area contributed by atoms with E-state index in [0.29, 0.717) is 24.5 Å². The summed E-state index contributed by atoms with van der Waals surface area (Å²) in [7, 11) is 0.701. The highest BCUT2D eigenvalue weighted by Crippen LogP contribution is 2.57. The number of hydrogen-bond donors (Lipinski definition) is 1. The monoisotopic (exact) mass is 528 g/mol. The molecule has 0 atom stereocenters. The summed E-state index contributed by atoms with van der Waals surface area (Å²) in [6.45, 7) is 4.45. The molecule has 2 aromatic carbocycles. The predicted octanol–water partition coefficient (Wildman–Crippen LogP) is 4.24. The molecule has 0 unspecified atom stereocenters. The molecule has 3 rings (SSSR count). The molecule has 196 valence electrons. The summed E-state index contributed by atoms with van der Waals surface area (Å²) in [5.74, 6) is -0.716. The maximum Gasteiger partial charge on any atom is 0.448 e. The van der Waals surface area contributed by atoms with Crippen LogP contribution in [0.25, 0.3) is 11.1 Å². The minimum Gasteiger partial charge on any atom is -0.461 e. The van der Waals surface area contributed by atoms with E-state index in [2.05, 4.69) is 4.98 Å². The number of benzene rings is 2. The van der Waals surface area contributed by atoms with Crippen molar-refractivity contribution in [2.75, 3.05) is 34.4 Å². The van der Waals surface area contributed by atoms with Crippen LogP contribution in [0.15, 0.2) is 54.6 Å². The number of carbonyl (C=O) groups excluding carboxylic acids is 1. The average Bonchev–Trinajstić information content (AvgIpc) is 2.88. The average molecular weight is 529 g/mol. The minimum absolute atomic E-state index is 0.00753. The summed E-state index contributed by atoms with van der Waals surface area (Å²) in [5.41, 5.74) is 1.74. The van der Waals surface area contributed by atoms with Crippen molar-refractivity contribution in [2.45, 2.75) is 20.4 Å². The first-order valence-electron chi connectivity index (χ1n) is 11.5. The molecule has 0 amide bonds. The first-order valence-corrected chi connectivity index (χ1v) is 13.1. The zero-order valence-corrected chi connectivity index (χ0v) is 22.4. The Bertz CT molecular complexity index is 1270. The highest BCUT2D eigenvalue weighted by atomic mass is 31.2. The number of para-hydroxylation sites is 1. The van der Waals surface area contributed by atoms with Crippen LogP contribution in [-0.4, -0.2) is 60.1 Å². The Morgan fingerprint density at radius 2 is 1.68 bits per heavy atom. The zero-order chi connectivity index (χ0) is 27.2. The van der Waals surface area contributed by atoms with Crippen LogP contribution in [0.2, 0.25) is 0 Å². The molecule has 10 nitrogen and oxygen atoms in total. The Balaban J connectivity index is 2.03. The van der Waals surface area contributed by atoms with Crippen molar-refractivity contribution >= 4 is 24.9 Å². The smallest absolute Gasteiger partial charge is 0.448 e. The highest BCUT2D eigenvalue weighted by molar-refractivity contribution is 7.69. The molecule has 1 aromatic heterocycles. The quantitative estimate of drug-likeness (QED) is 0.168. The highest BCUT2D eigenvalue weighted by Gasteiger charge is 2.49. The zero-order valence-electron chi connectivity index (χ0n) is 21.5. The molecule has 37 heavy (non-hydrogen) atoms. The second-order valence-electron chi connectivity index (χ2n) is 8.40. The molecule has 3 aromatic rings. The van der Waals surface area contributed by atoms with Crippen LogP contribution >= 0.6 is 7.94 Å². The van der Waals surface area contributed by atoms with Gasteiger partial charge in [0.1, 0.15) is 6.61 Å². The van der Waals surface area contributed by atoms with Crippen LogP contribution in [0.1, 0.15) is 27.3 Å². The van der Waals surface area contributed by atoms with Crippen molar-refractivity contribution in [2.24, 2.45) is 0 Å². The van der Waals surface area contributed by atoms with Gasteiger partial charge in [0.2, 0.25) is 5.30 Å². The fourth-order valence-electron chi connectivity index (χ4n) is 4.14. The Morgan fingerprint density at radius 3 is 2.30 bits per heavy atom. The number of nitro groups is 1. The van der Waals surface area contributed by atoms with Gasteiger partial charge >= 0.3 is 13.9 Å². The van der Waals surface area contributed by atoms with Gasteiger partial charge in [-0.3, -0.25) is 20.0 Å². The number of nitrogens with zero attached hydrogens (tertiary/aromatic N) is 3. The van der Waals surface area contributed by atoms with Crippen LogP contribution in [0.4, 0.5) is 5.69 Å². The Morgan fingerprint density at radius 1 is 1.05 bits per heavy atom. The van der Waals surface area contributed by atoms with Crippen molar-refractivity contribution in [1.29, 1.82) is 0 Å². The molecule has 0 spiro atoms. The van der Waals surface area contributed by atoms with Gasteiger partial charge < -0.3 is 4.74 Å². The van der Waals surface area contributed by atoms with E-state index in [-0.39, 0.29) is 34.3 Å². The molecular weight excluding hydrogens is 497 g/mol. The van der Waals surface area contributed by atoms with Crippen LogP contribution in [0.3, 0.4) is 0 Å². The molecule has 1 heterocycles. The minimum atomic E-state index is -3.74. The second kappa shape index (κ2) is 12.3. The van der Waals surface area contributed by atoms with Gasteiger partial charge in [0.15, 0.2) is 0 Å². The number of hydrogen-bond acceptors (Lipinski definition) is 9. The third kappa shape index (κ3) is 6.36. The fraction of sp³-hybridized carbons (Fsp3) is 0.308. The van der Waals surface area contributed by atoms with E-state index in [1.165, 1.54) is 32.4 Å². The van der Waals surface area contributed by atoms with Crippen molar-refractivity contribution < 1.29 is 28.4 Å². The number of carbonyl (C=O) groups is 1. The van der Waals surface area contributed by atoms with E-state index in [1.54, 1.807) is 19.9 Å². The number of aromatic nitrogens is 1. The van der Waals surface area contributed by atoms with Crippen molar-refractivity contribution in [1.82, 2.24) is 9.88 Å². The first-order chi connectivity index (χ1) is 17.6. The van der Waals surface area contributed by atoms with E-state index in [4.69, 9.17) is 13.8 Å². The Labute approximate surface area is 216 Å². The fourth-order valence-corrected chi connectivity index (χ4v) is 5.63. The van der Waals surface area contributed by atoms with E-state index in [0.717, 1.165) is 5.56 Å². The van der Waals surface area contributed by atoms with E-state index >= 15 is 0 Å². The number of ether oxygens (including phenoxy) is 1. The molecular formula is C26H31N3O7P+. The lowest BCUT2D eigenvalue weighted by Gasteiger charge is -2.21. The predicted molar refractivity (Wildman–Crippen MR) is 142 cm³/mol. The third-order valence-corrected chi connectivity index (χ3v) is 7.98. The number of esters is 1. The lowest BCUT2D eigenvalue weighted by atomic mass is 9.96. The topological polar surface area (TPSA) is 124 Å². The van der Waals surface area contributed by atoms with Gasteiger partial charge in [-0.05, 0) is 32.5 Å². The summed E-state index contributed by atoms with van der Waals surface area (Å²) in [6, 6.07) is 15.9. The first kappa shape index (κ1) is 28.3. The summed E-state index contributed by atoms with van der Waals surface area (Å²) < 4.78 is 16.3. The number of rotatable bonds is 11. The SMILES string of the molecule is CO[P+](O)(OC)c1c(C)nc(C)c(C(=O)OCCN(C)Cc2ccccc2)c1-c1ccccc1[N+](=O)[O-]. The van der Waals surface area contributed by atoms with E-state index < -0.39 is 18.8 Å². The summed E-state index contributed by atoms with van der Waals surface area (Å²) in [6.07, 6.45) is 0. The summed E-state index contributed by atoms with van der Waals surface area (Å²) >= 11 is 0. The standard InChI is InChI=1S/C26H31N3O7P/c1-18-23(26(30)36-16-15-28(3)17-20-11-7-6-8-12-20)24(21-13-9-10-14-22(21)29(31)32)25(19(2)27-18)37(33,34-4)35-5/h6-14,33H,15-17H2,1-5H3/q+1. The number of nitro benzene ring substituents is 1. The van der Waals surface area contributed by atoms with Crippen LogP contribution in [-0.2, 0) is 20.3 Å². The molecule has 0 aliphatic rings. The second-order valence-corrected chi connectivity index (χ2v) is 10.6. The van der Waals surface area contributed by atoms with Crippen molar-refractivity contribution in [3.8, 4) is 11.1 Å². The number of likely N-dealkylation sites (N-methyl/N-ethyl adjacent to an activating group) is 1. The molecule has 0 aliphatic heterocycles. The molecule has 1 N–H and O–H groups in total. The molecule has 0 saturated heterocycles.